The highest BCUT2D eigenvalue weighted by molar-refractivity contribution is 6.01. The van der Waals surface area contributed by atoms with E-state index in [9.17, 15) is 0 Å². The van der Waals surface area contributed by atoms with Crippen molar-refractivity contribution in [3.8, 4) is 22.4 Å². The lowest BCUT2D eigenvalue weighted by atomic mass is 9.79. The maximum absolute atomic E-state index is 4.61. The summed E-state index contributed by atoms with van der Waals surface area (Å²) in [5.41, 5.74) is 5.08. The molecule has 4 heterocycles. The summed E-state index contributed by atoms with van der Waals surface area (Å²) >= 11 is 0. The highest BCUT2D eigenvalue weighted by Crippen LogP contribution is 2.35. The van der Waals surface area contributed by atoms with Crippen LogP contribution in [0.1, 0.15) is 40.5 Å². The van der Waals surface area contributed by atoms with Gasteiger partial charge in [0, 0.05) is 53.9 Å². The van der Waals surface area contributed by atoms with Gasteiger partial charge in [-0.25, -0.2) is 0 Å². The zero-order valence-electron chi connectivity index (χ0n) is 20.2. The van der Waals surface area contributed by atoms with Gasteiger partial charge in [-0.15, -0.1) is 10.2 Å². The fourth-order valence-corrected chi connectivity index (χ4v) is 5.45. The molecule has 1 aliphatic heterocycles. The van der Waals surface area contributed by atoms with Crippen LogP contribution in [-0.2, 0) is 7.05 Å². The largest absolute Gasteiger partial charge is 0.355 e. The Morgan fingerprint density at radius 1 is 0.970 bits per heavy atom. The first-order valence-corrected chi connectivity index (χ1v) is 11.4. The highest BCUT2D eigenvalue weighted by atomic mass is 15.3. The maximum atomic E-state index is 4.61. The lowest BCUT2D eigenvalue weighted by Gasteiger charge is -2.49. The molecule has 0 radical (unpaired) electrons. The number of aromatic amines is 1. The van der Waals surface area contributed by atoms with Crippen molar-refractivity contribution in [2.75, 3.05) is 11.9 Å². The molecule has 0 aliphatic carbocycles. The lowest BCUT2D eigenvalue weighted by Crippen LogP contribution is -2.62. The molecule has 2 N–H and O–H groups in total. The van der Waals surface area contributed by atoms with Crippen LogP contribution in [0.25, 0.3) is 33.3 Å². The summed E-state index contributed by atoms with van der Waals surface area (Å²) in [7, 11) is 4.05. The summed E-state index contributed by atoms with van der Waals surface area (Å²) in [6, 6.07) is 8.70. The Bertz CT molecular complexity index is 1270. The van der Waals surface area contributed by atoms with Gasteiger partial charge in [0.25, 0.3) is 0 Å². The quantitative estimate of drug-likeness (QED) is 0.491. The molecule has 0 unspecified atom stereocenters. The van der Waals surface area contributed by atoms with E-state index in [-0.39, 0.29) is 11.1 Å². The number of aryl methyl sites for hydroxylation is 1. The predicted octanol–water partition coefficient (Wildman–Crippen LogP) is 4.17. The van der Waals surface area contributed by atoms with Crippen LogP contribution in [-0.4, -0.2) is 54.3 Å². The number of fused-ring (bicyclic) bond motifs is 1. The Morgan fingerprint density at radius 3 is 2.33 bits per heavy atom. The van der Waals surface area contributed by atoms with Crippen LogP contribution < -0.4 is 10.2 Å². The second-order valence-electron chi connectivity index (χ2n) is 10.6. The van der Waals surface area contributed by atoms with Crippen molar-refractivity contribution < 1.29 is 0 Å². The van der Waals surface area contributed by atoms with Crippen LogP contribution in [0.3, 0.4) is 0 Å². The summed E-state index contributed by atoms with van der Waals surface area (Å²) in [6.45, 7) is 9.09. The van der Waals surface area contributed by atoms with Crippen LogP contribution in [0.15, 0.2) is 42.9 Å². The molecule has 172 valence electrons. The van der Waals surface area contributed by atoms with E-state index < -0.39 is 0 Å². The minimum absolute atomic E-state index is 0.0797. The van der Waals surface area contributed by atoms with Crippen LogP contribution >= 0.6 is 0 Å². The summed E-state index contributed by atoms with van der Waals surface area (Å²) in [6.07, 6.45) is 7.85. The molecular formula is C25H32N8. The first kappa shape index (κ1) is 21.6. The van der Waals surface area contributed by atoms with Crippen LogP contribution in [0, 0.1) is 0 Å². The SMILES string of the molecule is CN(c1ccc(-c2ccc(-c3cnn(C)c3)c3cn[nH]c23)nn1)C1CC(C)(C)NC(C)(C)C1. The molecule has 0 atom stereocenters. The van der Waals surface area contributed by atoms with Gasteiger partial charge in [0.15, 0.2) is 5.82 Å². The van der Waals surface area contributed by atoms with Crippen molar-refractivity contribution in [1.82, 2.24) is 35.5 Å². The number of hydrogen-bond donors (Lipinski definition) is 2. The van der Waals surface area contributed by atoms with E-state index in [1.54, 1.807) is 4.68 Å². The molecule has 1 fully saturated rings. The second-order valence-corrected chi connectivity index (χ2v) is 10.6. The van der Waals surface area contributed by atoms with Crippen molar-refractivity contribution in [2.24, 2.45) is 7.05 Å². The van der Waals surface area contributed by atoms with Crippen molar-refractivity contribution in [3.05, 3.63) is 42.9 Å². The number of benzene rings is 1. The minimum Gasteiger partial charge on any atom is -0.355 e. The normalized spacial score (nSPS) is 18.0. The average Bonchev–Trinajstić information content (AvgIpc) is 3.40. The van der Waals surface area contributed by atoms with Gasteiger partial charge in [-0.1, -0.05) is 6.07 Å². The first-order valence-electron chi connectivity index (χ1n) is 11.4. The van der Waals surface area contributed by atoms with E-state index >= 15 is 0 Å². The molecule has 33 heavy (non-hydrogen) atoms. The second kappa shape index (κ2) is 7.66. The van der Waals surface area contributed by atoms with Crippen molar-refractivity contribution in [3.63, 3.8) is 0 Å². The zero-order valence-corrected chi connectivity index (χ0v) is 20.2. The Labute approximate surface area is 194 Å². The number of piperidine rings is 1. The molecule has 1 aromatic carbocycles. The number of H-pyrrole nitrogens is 1. The summed E-state index contributed by atoms with van der Waals surface area (Å²) < 4.78 is 1.81. The lowest BCUT2D eigenvalue weighted by molar-refractivity contribution is 0.160. The standard InChI is InChI=1S/C25H32N8/c1-24(2)11-17(12-25(3,4)31-24)33(6)22-10-9-21(28-29-22)19-8-7-18(16-13-27-32(5)15-16)20-14-26-30-23(19)20/h7-10,13-15,17,31H,11-12H2,1-6H3,(H,26,30). The van der Waals surface area contributed by atoms with Crippen molar-refractivity contribution >= 4 is 16.7 Å². The molecule has 1 aliphatic rings. The number of aromatic nitrogens is 6. The number of nitrogens with one attached hydrogen (secondary N) is 2. The zero-order chi connectivity index (χ0) is 23.4. The van der Waals surface area contributed by atoms with Gasteiger partial charge in [0.05, 0.1) is 23.6 Å². The average molecular weight is 445 g/mol. The fourth-order valence-electron chi connectivity index (χ4n) is 5.45. The van der Waals surface area contributed by atoms with Gasteiger partial charge >= 0.3 is 0 Å². The number of nitrogens with zero attached hydrogens (tertiary/aromatic N) is 6. The Kier molecular flexibility index (Phi) is 5.01. The van der Waals surface area contributed by atoms with E-state index in [0.717, 1.165) is 51.9 Å². The maximum Gasteiger partial charge on any atom is 0.151 e. The van der Waals surface area contributed by atoms with Crippen LogP contribution in [0.5, 0.6) is 0 Å². The Balaban J connectivity index is 1.44. The Hall–Kier alpha value is -3.26. The van der Waals surface area contributed by atoms with Gasteiger partial charge < -0.3 is 10.2 Å². The highest BCUT2D eigenvalue weighted by Gasteiger charge is 2.39. The number of hydrogen-bond acceptors (Lipinski definition) is 6. The van der Waals surface area contributed by atoms with E-state index in [4.69, 9.17) is 0 Å². The minimum atomic E-state index is 0.0797. The monoisotopic (exact) mass is 444 g/mol. The van der Waals surface area contributed by atoms with Crippen molar-refractivity contribution in [2.45, 2.75) is 57.7 Å². The summed E-state index contributed by atoms with van der Waals surface area (Å²) in [5.74, 6) is 0.894. The topological polar surface area (TPSA) is 87.6 Å². The van der Waals surface area contributed by atoms with Gasteiger partial charge in [0.2, 0.25) is 0 Å². The molecular weight excluding hydrogens is 412 g/mol. The van der Waals surface area contributed by atoms with Gasteiger partial charge in [0.1, 0.15) is 0 Å². The van der Waals surface area contributed by atoms with E-state index in [1.807, 2.05) is 25.6 Å². The molecule has 0 spiro atoms. The molecule has 8 nitrogen and oxygen atoms in total. The smallest absolute Gasteiger partial charge is 0.151 e. The molecule has 0 bridgehead atoms. The van der Waals surface area contributed by atoms with E-state index in [1.165, 1.54) is 0 Å². The number of rotatable bonds is 4. The third kappa shape index (κ3) is 4.11. The summed E-state index contributed by atoms with van der Waals surface area (Å²) in [4.78, 5) is 2.28. The van der Waals surface area contributed by atoms with Gasteiger partial charge in [-0.05, 0) is 64.3 Å². The molecule has 4 aromatic rings. The molecule has 0 amide bonds. The summed E-state index contributed by atoms with van der Waals surface area (Å²) in [5, 5.41) is 25.8. The first-order chi connectivity index (χ1) is 15.6. The van der Waals surface area contributed by atoms with E-state index in [2.05, 4.69) is 94.7 Å². The van der Waals surface area contributed by atoms with Gasteiger partial charge in [-0.2, -0.15) is 10.2 Å². The molecule has 1 saturated heterocycles. The van der Waals surface area contributed by atoms with Crippen LogP contribution in [0.2, 0.25) is 0 Å². The predicted molar refractivity (Wildman–Crippen MR) is 132 cm³/mol. The fraction of sp³-hybridized carbons (Fsp3) is 0.440. The molecule has 8 heteroatoms. The molecule has 3 aromatic heterocycles. The van der Waals surface area contributed by atoms with Crippen molar-refractivity contribution in [1.29, 1.82) is 0 Å². The molecule has 5 rings (SSSR count). The van der Waals surface area contributed by atoms with Crippen LogP contribution in [0.4, 0.5) is 5.82 Å². The number of anilines is 1. The Morgan fingerprint density at radius 2 is 1.70 bits per heavy atom. The van der Waals surface area contributed by atoms with Gasteiger partial charge in [-0.3, -0.25) is 9.78 Å². The van der Waals surface area contributed by atoms with E-state index in [0.29, 0.717) is 6.04 Å². The third-order valence-corrected chi connectivity index (χ3v) is 6.64. The third-order valence-electron chi connectivity index (χ3n) is 6.64. The molecule has 0 saturated carbocycles.